The summed E-state index contributed by atoms with van der Waals surface area (Å²) < 4.78 is 39.7. The minimum atomic E-state index is -4.32. The zero-order chi connectivity index (χ0) is 11.4. The zero-order valence-corrected chi connectivity index (χ0v) is 8.27. The van der Waals surface area contributed by atoms with E-state index in [-0.39, 0.29) is 13.0 Å². The first-order chi connectivity index (χ1) is 6.16. The van der Waals surface area contributed by atoms with Gasteiger partial charge in [-0.2, -0.15) is 13.2 Å². The normalized spacial score (nSPS) is 19.1. The third-order valence-electron chi connectivity index (χ3n) is 1.65. The van der Waals surface area contributed by atoms with Gasteiger partial charge in [0.25, 0.3) is 0 Å². The zero-order valence-electron chi connectivity index (χ0n) is 8.27. The fourth-order valence-electron chi connectivity index (χ4n) is 1.02. The summed E-state index contributed by atoms with van der Waals surface area (Å²) >= 11 is 0. The third kappa shape index (κ3) is 7.11. The van der Waals surface area contributed by atoms with Gasteiger partial charge in [0, 0.05) is 5.54 Å². The van der Waals surface area contributed by atoms with E-state index >= 15 is 0 Å². The topological polar surface area (TPSA) is 55.5 Å². The molecule has 0 spiro atoms. The Bertz CT molecular complexity index is 170. The standard InChI is InChI=1S/C8H16F3NO2/c1-6(3-7(2,12)4-13)14-5-8(9,10)11/h6,13H,3-5,12H2,1-2H3. The van der Waals surface area contributed by atoms with Gasteiger partial charge in [0.2, 0.25) is 0 Å². The van der Waals surface area contributed by atoms with Crippen molar-refractivity contribution in [2.75, 3.05) is 13.2 Å². The molecule has 6 heteroatoms. The number of halogens is 3. The second-order valence-electron chi connectivity index (χ2n) is 3.75. The van der Waals surface area contributed by atoms with E-state index in [1.165, 1.54) is 6.92 Å². The SMILES string of the molecule is CC(CC(C)(N)CO)OCC(F)(F)F. The van der Waals surface area contributed by atoms with Gasteiger partial charge in [-0.3, -0.25) is 0 Å². The molecule has 0 amide bonds. The van der Waals surface area contributed by atoms with Gasteiger partial charge in [-0.15, -0.1) is 0 Å². The Morgan fingerprint density at radius 3 is 2.29 bits per heavy atom. The lowest BCUT2D eigenvalue weighted by atomic mass is 9.97. The molecule has 0 bridgehead atoms. The molecular formula is C8H16F3NO2. The highest BCUT2D eigenvalue weighted by Gasteiger charge is 2.30. The summed E-state index contributed by atoms with van der Waals surface area (Å²) in [5.41, 5.74) is 4.65. The van der Waals surface area contributed by atoms with Crippen molar-refractivity contribution in [1.29, 1.82) is 0 Å². The van der Waals surface area contributed by atoms with Crippen molar-refractivity contribution in [2.24, 2.45) is 5.73 Å². The molecule has 0 aromatic heterocycles. The molecule has 3 N–H and O–H groups in total. The first-order valence-electron chi connectivity index (χ1n) is 4.24. The Balaban J connectivity index is 3.82. The van der Waals surface area contributed by atoms with Crippen LogP contribution in [-0.4, -0.2) is 36.1 Å². The van der Waals surface area contributed by atoms with Gasteiger partial charge < -0.3 is 15.6 Å². The van der Waals surface area contributed by atoms with Gasteiger partial charge in [0.1, 0.15) is 6.61 Å². The number of hydrogen-bond donors (Lipinski definition) is 2. The van der Waals surface area contributed by atoms with Crippen LogP contribution in [0.4, 0.5) is 13.2 Å². The number of aliphatic hydroxyl groups excluding tert-OH is 1. The molecule has 0 aliphatic carbocycles. The molecule has 86 valence electrons. The van der Waals surface area contributed by atoms with Gasteiger partial charge in [-0.05, 0) is 20.3 Å². The first kappa shape index (κ1) is 13.7. The monoisotopic (exact) mass is 215 g/mol. The lowest BCUT2D eigenvalue weighted by molar-refractivity contribution is -0.185. The molecule has 0 saturated carbocycles. The smallest absolute Gasteiger partial charge is 0.394 e. The first-order valence-corrected chi connectivity index (χ1v) is 4.24. The van der Waals surface area contributed by atoms with E-state index < -0.39 is 24.4 Å². The van der Waals surface area contributed by atoms with E-state index in [1.54, 1.807) is 6.92 Å². The summed E-state index contributed by atoms with van der Waals surface area (Å²) in [4.78, 5) is 0. The maximum atomic E-state index is 11.7. The molecule has 0 aliphatic heterocycles. The van der Waals surface area contributed by atoms with Gasteiger partial charge in [-0.25, -0.2) is 0 Å². The molecule has 0 heterocycles. The molecule has 14 heavy (non-hydrogen) atoms. The number of nitrogens with two attached hydrogens (primary N) is 1. The van der Waals surface area contributed by atoms with Crippen LogP contribution in [-0.2, 0) is 4.74 Å². The highest BCUT2D eigenvalue weighted by Crippen LogP contribution is 2.18. The molecular weight excluding hydrogens is 199 g/mol. The Hall–Kier alpha value is -0.330. The van der Waals surface area contributed by atoms with Crippen LogP contribution in [0, 0.1) is 0 Å². The number of hydrogen-bond acceptors (Lipinski definition) is 3. The van der Waals surface area contributed by atoms with Crippen molar-refractivity contribution >= 4 is 0 Å². The average Bonchev–Trinajstić information content (AvgIpc) is 1.99. The molecule has 2 unspecified atom stereocenters. The van der Waals surface area contributed by atoms with Gasteiger partial charge >= 0.3 is 6.18 Å². The van der Waals surface area contributed by atoms with Crippen LogP contribution in [0.3, 0.4) is 0 Å². The van der Waals surface area contributed by atoms with E-state index in [4.69, 9.17) is 10.8 Å². The van der Waals surface area contributed by atoms with Crippen molar-refractivity contribution in [3.63, 3.8) is 0 Å². The second-order valence-corrected chi connectivity index (χ2v) is 3.75. The fourth-order valence-corrected chi connectivity index (χ4v) is 1.02. The number of aliphatic hydroxyl groups is 1. The number of ether oxygens (including phenoxy) is 1. The van der Waals surface area contributed by atoms with E-state index in [2.05, 4.69) is 4.74 Å². The van der Waals surface area contributed by atoms with Crippen LogP contribution in [0.2, 0.25) is 0 Å². The fraction of sp³-hybridized carbons (Fsp3) is 1.00. The summed E-state index contributed by atoms with van der Waals surface area (Å²) in [7, 11) is 0. The van der Waals surface area contributed by atoms with Crippen molar-refractivity contribution in [3.05, 3.63) is 0 Å². The predicted octanol–water partition coefficient (Wildman–Crippen LogP) is 1.05. The van der Waals surface area contributed by atoms with Crippen LogP contribution >= 0.6 is 0 Å². The van der Waals surface area contributed by atoms with Crippen molar-refractivity contribution < 1.29 is 23.0 Å². The van der Waals surface area contributed by atoms with E-state index in [9.17, 15) is 13.2 Å². The van der Waals surface area contributed by atoms with Crippen LogP contribution in [0.1, 0.15) is 20.3 Å². The Kier molecular flexibility index (Phi) is 4.83. The molecule has 0 fully saturated rings. The molecule has 0 aromatic rings. The lowest BCUT2D eigenvalue weighted by Gasteiger charge is -2.25. The Morgan fingerprint density at radius 2 is 1.93 bits per heavy atom. The minimum absolute atomic E-state index is 0.180. The number of rotatable bonds is 5. The lowest BCUT2D eigenvalue weighted by Crippen LogP contribution is -2.43. The average molecular weight is 215 g/mol. The molecule has 2 atom stereocenters. The maximum Gasteiger partial charge on any atom is 0.411 e. The summed E-state index contributed by atoms with van der Waals surface area (Å²) in [6.45, 7) is 1.48. The maximum absolute atomic E-state index is 11.7. The van der Waals surface area contributed by atoms with Crippen LogP contribution < -0.4 is 5.73 Å². The molecule has 0 rings (SSSR count). The summed E-state index contributed by atoms with van der Waals surface area (Å²) in [6.07, 6.45) is -4.77. The van der Waals surface area contributed by atoms with E-state index in [0.29, 0.717) is 0 Å². The van der Waals surface area contributed by atoms with Crippen LogP contribution in [0.25, 0.3) is 0 Å². The highest BCUT2D eigenvalue weighted by atomic mass is 19.4. The molecule has 0 aromatic carbocycles. The molecule has 0 aliphatic rings. The Morgan fingerprint density at radius 1 is 1.43 bits per heavy atom. The van der Waals surface area contributed by atoms with Crippen molar-refractivity contribution in [3.8, 4) is 0 Å². The predicted molar refractivity (Wildman–Crippen MR) is 45.8 cm³/mol. The third-order valence-corrected chi connectivity index (χ3v) is 1.65. The summed E-state index contributed by atoms with van der Waals surface area (Å²) in [5.74, 6) is 0. The van der Waals surface area contributed by atoms with E-state index in [0.717, 1.165) is 0 Å². The van der Waals surface area contributed by atoms with Crippen molar-refractivity contribution in [1.82, 2.24) is 0 Å². The van der Waals surface area contributed by atoms with Gasteiger partial charge in [0.15, 0.2) is 0 Å². The van der Waals surface area contributed by atoms with Gasteiger partial charge in [-0.1, -0.05) is 0 Å². The molecule has 0 radical (unpaired) electrons. The van der Waals surface area contributed by atoms with Crippen LogP contribution in [0.5, 0.6) is 0 Å². The van der Waals surface area contributed by atoms with Crippen molar-refractivity contribution in [2.45, 2.75) is 38.1 Å². The van der Waals surface area contributed by atoms with Gasteiger partial charge in [0.05, 0.1) is 12.7 Å². The molecule has 3 nitrogen and oxygen atoms in total. The highest BCUT2D eigenvalue weighted by molar-refractivity contribution is 4.79. The summed E-state index contributed by atoms with van der Waals surface area (Å²) in [6, 6.07) is 0. The largest absolute Gasteiger partial charge is 0.411 e. The van der Waals surface area contributed by atoms with E-state index in [1.807, 2.05) is 0 Å². The minimum Gasteiger partial charge on any atom is -0.394 e. The quantitative estimate of drug-likeness (QED) is 0.720. The van der Waals surface area contributed by atoms with Crippen LogP contribution in [0.15, 0.2) is 0 Å². The second kappa shape index (κ2) is 4.95. The molecule has 0 saturated heterocycles. The Labute approximate surface area is 81.0 Å². The number of alkyl halides is 3. The summed E-state index contributed by atoms with van der Waals surface area (Å²) in [5, 5.41) is 8.77.